The van der Waals surface area contributed by atoms with E-state index in [1.165, 1.54) is 101 Å². The van der Waals surface area contributed by atoms with E-state index in [4.69, 9.17) is 9.26 Å². The maximum Gasteiger partial charge on any atom is 0.306 e. The molecule has 54 heavy (non-hydrogen) atoms. The van der Waals surface area contributed by atoms with Crippen LogP contribution in [0, 0.1) is 0 Å². The first-order valence-electron chi connectivity index (χ1n) is 21.7. The van der Waals surface area contributed by atoms with Crippen LogP contribution in [0.3, 0.4) is 0 Å². The van der Waals surface area contributed by atoms with Crippen molar-refractivity contribution in [2.45, 2.75) is 227 Å². The van der Waals surface area contributed by atoms with Crippen LogP contribution in [0.5, 0.6) is 11.5 Å². The van der Waals surface area contributed by atoms with Crippen molar-refractivity contribution < 1.29 is 19.2 Å². The quantitative estimate of drug-likeness (QED) is 0.0781. The number of phenols is 1. The van der Waals surface area contributed by atoms with Crippen LogP contribution in [-0.4, -0.2) is 17.7 Å². The van der Waals surface area contributed by atoms with Crippen LogP contribution in [0.4, 0.5) is 0 Å². The van der Waals surface area contributed by atoms with Crippen molar-refractivity contribution in [1.82, 2.24) is 0 Å². The number of rotatable bonds is 21. The number of aryl methyl sites for hydroxylation is 1. The van der Waals surface area contributed by atoms with Gasteiger partial charge in [-0.3, -0.25) is 4.79 Å². The fourth-order valence-corrected chi connectivity index (χ4v) is 7.03. The van der Waals surface area contributed by atoms with Crippen molar-refractivity contribution in [1.29, 1.82) is 0 Å². The van der Waals surface area contributed by atoms with Gasteiger partial charge in [-0.1, -0.05) is 211 Å². The Hall–Kier alpha value is -2.06. The minimum Gasteiger partial charge on any atom is -0.507 e. The largest absolute Gasteiger partial charge is 0.507 e. The lowest BCUT2D eigenvalue weighted by Crippen LogP contribution is -2.18. The molecule has 310 valence electrons. The number of carbonyl (C=O) groups is 1. The van der Waals surface area contributed by atoms with Gasteiger partial charge in [0.1, 0.15) is 11.5 Å². The summed E-state index contributed by atoms with van der Waals surface area (Å²) in [7, 11) is 2.33. The Labute approximate surface area is 337 Å². The third-order valence-electron chi connectivity index (χ3n) is 10.4. The van der Waals surface area contributed by atoms with E-state index in [2.05, 4.69) is 130 Å². The average Bonchev–Trinajstić information content (AvgIpc) is 3.07. The maximum atomic E-state index is 12.3. The van der Waals surface area contributed by atoms with Crippen LogP contribution >= 0.6 is 9.47 Å². The number of phenolic OH excluding ortho intramolecular Hbond substituents is 1. The van der Waals surface area contributed by atoms with E-state index >= 15 is 0 Å². The number of benzene rings is 2. The number of hydrogen-bond donors (Lipinski definition) is 1. The van der Waals surface area contributed by atoms with Crippen molar-refractivity contribution >= 4 is 15.4 Å². The summed E-state index contributed by atoms with van der Waals surface area (Å²) in [6.45, 7) is 28.8. The summed E-state index contributed by atoms with van der Waals surface area (Å²) in [4.78, 5) is 12.3. The van der Waals surface area contributed by atoms with Crippen molar-refractivity contribution in [3.63, 3.8) is 0 Å². The van der Waals surface area contributed by atoms with Crippen LogP contribution in [0.25, 0.3) is 0 Å². The SMILES string of the molecule is CC(C)(C)c1ccc(OP)c(C(C)(C)C)c1.CCCCCCCCCCCCCCCCCCOC(=O)CCc1cc(C(C)(C)C)c(O)c(C(C)(C)C)c1. The summed E-state index contributed by atoms with van der Waals surface area (Å²) in [6, 6.07) is 10.6. The molecule has 0 spiro atoms. The molecule has 0 saturated heterocycles. The second-order valence-corrected chi connectivity index (χ2v) is 20.1. The van der Waals surface area contributed by atoms with E-state index in [1.807, 2.05) is 0 Å². The van der Waals surface area contributed by atoms with Crippen molar-refractivity contribution in [2.75, 3.05) is 6.61 Å². The Bertz CT molecular complexity index is 1300. The lowest BCUT2D eigenvalue weighted by molar-refractivity contribution is -0.143. The molecule has 1 N–H and O–H groups in total. The van der Waals surface area contributed by atoms with Crippen molar-refractivity contribution in [2.24, 2.45) is 0 Å². The Morgan fingerprint density at radius 2 is 0.981 bits per heavy atom. The molecule has 2 rings (SSSR count). The van der Waals surface area contributed by atoms with Crippen LogP contribution in [0.2, 0.25) is 0 Å². The Morgan fingerprint density at radius 1 is 0.574 bits per heavy atom. The maximum absolute atomic E-state index is 12.3. The van der Waals surface area contributed by atoms with E-state index in [0.29, 0.717) is 25.2 Å². The van der Waals surface area contributed by atoms with Gasteiger partial charge in [0.25, 0.3) is 0 Å². The molecule has 0 amide bonds. The fourth-order valence-electron chi connectivity index (χ4n) is 6.82. The molecule has 4 nitrogen and oxygen atoms in total. The number of ether oxygens (including phenoxy) is 1. The molecule has 0 aliphatic carbocycles. The van der Waals surface area contributed by atoms with E-state index in [1.54, 1.807) is 0 Å². The van der Waals surface area contributed by atoms with Gasteiger partial charge in [0, 0.05) is 12.0 Å². The Balaban J connectivity index is 0.000000755. The van der Waals surface area contributed by atoms with Gasteiger partial charge in [0.2, 0.25) is 0 Å². The van der Waals surface area contributed by atoms with Gasteiger partial charge in [-0.05, 0) is 62.8 Å². The molecule has 1 atom stereocenters. The number of esters is 1. The second-order valence-electron chi connectivity index (χ2n) is 19.9. The van der Waals surface area contributed by atoms with Crippen molar-refractivity contribution in [3.05, 3.63) is 58.1 Å². The molecular weight excluding hydrogens is 684 g/mol. The summed E-state index contributed by atoms with van der Waals surface area (Å²) in [5, 5.41) is 10.9. The zero-order valence-electron chi connectivity index (χ0n) is 37.6. The van der Waals surface area contributed by atoms with E-state index in [-0.39, 0.29) is 27.6 Å². The molecule has 0 heterocycles. The van der Waals surface area contributed by atoms with Crippen LogP contribution in [0.1, 0.15) is 227 Å². The van der Waals surface area contributed by atoms with E-state index < -0.39 is 0 Å². The summed E-state index contributed by atoms with van der Waals surface area (Å²) in [6.07, 6.45) is 22.5. The molecule has 1 unspecified atom stereocenters. The van der Waals surface area contributed by atoms with Gasteiger partial charge < -0.3 is 14.4 Å². The van der Waals surface area contributed by atoms with E-state index in [0.717, 1.165) is 35.3 Å². The molecule has 0 aliphatic rings. The highest BCUT2D eigenvalue weighted by molar-refractivity contribution is 7.10. The van der Waals surface area contributed by atoms with Gasteiger partial charge in [-0.2, -0.15) is 0 Å². The van der Waals surface area contributed by atoms with Crippen molar-refractivity contribution in [3.8, 4) is 11.5 Å². The van der Waals surface area contributed by atoms with Gasteiger partial charge in [0.15, 0.2) is 0 Å². The predicted molar refractivity (Wildman–Crippen MR) is 239 cm³/mol. The molecule has 0 bridgehead atoms. The standard InChI is InChI=1S/C35H62O3.C14H23OP/c1-8-9-10-11-12-13-14-15-16-17-18-19-20-21-22-23-26-38-32(36)25-24-29-27-30(34(2,3)4)33(37)31(28-29)35(5,6)7;1-13(2,3)10-7-8-12(15-16)11(9-10)14(4,5)6/h27-28,37H,8-26H2,1-7H3;7-9H,16H2,1-6H3. The van der Waals surface area contributed by atoms with Crippen LogP contribution < -0.4 is 4.52 Å². The smallest absolute Gasteiger partial charge is 0.306 e. The molecule has 2 aromatic carbocycles. The number of aromatic hydroxyl groups is 1. The molecule has 5 heteroatoms. The molecule has 0 aliphatic heterocycles. The van der Waals surface area contributed by atoms with Crippen LogP contribution in [-0.2, 0) is 37.6 Å². The van der Waals surface area contributed by atoms with E-state index in [9.17, 15) is 9.90 Å². The molecule has 2 aromatic rings. The van der Waals surface area contributed by atoms with Gasteiger partial charge in [0.05, 0.1) is 16.1 Å². The lowest BCUT2D eigenvalue weighted by atomic mass is 9.78. The molecule has 0 saturated carbocycles. The molecule has 0 aromatic heterocycles. The third kappa shape index (κ3) is 20.2. The third-order valence-corrected chi connectivity index (χ3v) is 10.7. The first-order valence-corrected chi connectivity index (χ1v) is 22.1. The fraction of sp³-hybridized carbons (Fsp3) is 0.735. The topological polar surface area (TPSA) is 55.8 Å². The molecule has 0 fully saturated rings. The zero-order valence-corrected chi connectivity index (χ0v) is 38.7. The average molecular weight is 769 g/mol. The number of carbonyl (C=O) groups excluding carboxylic acids is 1. The highest BCUT2D eigenvalue weighted by Crippen LogP contribution is 2.40. The minimum atomic E-state index is -0.159. The number of hydrogen-bond acceptors (Lipinski definition) is 4. The Morgan fingerprint density at radius 3 is 1.35 bits per heavy atom. The van der Waals surface area contributed by atoms with Gasteiger partial charge >= 0.3 is 5.97 Å². The summed E-state index contributed by atoms with van der Waals surface area (Å²) in [5.74, 6) is 1.22. The lowest BCUT2D eigenvalue weighted by Gasteiger charge is -2.28. The monoisotopic (exact) mass is 769 g/mol. The van der Waals surface area contributed by atoms with Gasteiger partial charge in [-0.15, -0.1) is 0 Å². The zero-order chi connectivity index (χ0) is 41.0. The minimum absolute atomic E-state index is 0.104. The predicted octanol–water partition coefficient (Wildman–Crippen LogP) is 15.2. The highest BCUT2D eigenvalue weighted by atomic mass is 31.0. The van der Waals surface area contributed by atoms with Gasteiger partial charge in [-0.25, -0.2) is 0 Å². The summed E-state index contributed by atoms with van der Waals surface area (Å²) >= 11 is 0. The first kappa shape index (κ1) is 50.0. The normalized spacial score (nSPS) is 12.3. The number of unbranched alkanes of at least 4 members (excludes halogenated alkanes) is 15. The highest BCUT2D eigenvalue weighted by Gasteiger charge is 2.27. The second kappa shape index (κ2) is 24.5. The van der Waals surface area contributed by atoms with Crippen LogP contribution in [0.15, 0.2) is 30.3 Å². The molecule has 0 radical (unpaired) electrons. The first-order chi connectivity index (χ1) is 25.1. The Kier molecular flexibility index (Phi) is 22.7. The molecular formula is C49H85O4P. The summed E-state index contributed by atoms with van der Waals surface area (Å²) < 4.78 is 10.9. The summed E-state index contributed by atoms with van der Waals surface area (Å²) in [5.41, 5.74) is 5.56.